The summed E-state index contributed by atoms with van der Waals surface area (Å²) >= 11 is 0. The highest BCUT2D eigenvalue weighted by molar-refractivity contribution is 7.90. The summed E-state index contributed by atoms with van der Waals surface area (Å²) in [5, 5.41) is 4.28. The number of aryl methyl sites for hydroxylation is 1. The van der Waals surface area contributed by atoms with Gasteiger partial charge in [0.25, 0.3) is 0 Å². The second-order valence-corrected chi connectivity index (χ2v) is 9.17. The molecule has 146 valence electrons. The zero-order valence-electron chi connectivity index (χ0n) is 16.1. The Labute approximate surface area is 163 Å². The van der Waals surface area contributed by atoms with E-state index in [-0.39, 0.29) is 11.0 Å². The average Bonchev–Trinajstić information content (AvgIpc) is 3.18. The van der Waals surface area contributed by atoms with Gasteiger partial charge in [-0.3, -0.25) is 0 Å². The van der Waals surface area contributed by atoms with E-state index in [0.29, 0.717) is 11.4 Å². The number of aromatic amines is 1. The van der Waals surface area contributed by atoms with Gasteiger partial charge in [-0.25, -0.2) is 13.4 Å². The second-order valence-electron chi connectivity index (χ2n) is 7.16. The van der Waals surface area contributed by atoms with Crippen molar-refractivity contribution in [1.82, 2.24) is 14.5 Å². The van der Waals surface area contributed by atoms with Crippen molar-refractivity contribution in [2.24, 2.45) is 7.05 Å². The van der Waals surface area contributed by atoms with Gasteiger partial charge in [0.2, 0.25) is 0 Å². The number of hydrogen-bond acceptors (Lipinski definition) is 5. The first-order chi connectivity index (χ1) is 13.2. The number of rotatable bonds is 5. The Morgan fingerprint density at radius 2 is 1.96 bits per heavy atom. The fourth-order valence-corrected chi connectivity index (χ4v) is 3.85. The van der Waals surface area contributed by atoms with Crippen LogP contribution in [0.2, 0.25) is 0 Å². The minimum absolute atomic E-state index is 0.0412. The molecular weight excluding hydrogens is 376 g/mol. The highest BCUT2D eigenvalue weighted by atomic mass is 32.2. The smallest absolute Gasteiger partial charge is 0.175 e. The number of ether oxygens (including phenoxy) is 1. The van der Waals surface area contributed by atoms with Crippen LogP contribution in [0.1, 0.15) is 13.8 Å². The largest absolute Gasteiger partial charge is 0.489 e. The number of nitrogens with one attached hydrogen (secondary N) is 2. The summed E-state index contributed by atoms with van der Waals surface area (Å²) in [6, 6.07) is 10.9. The predicted octanol–water partition coefficient (Wildman–Crippen LogP) is 3.99. The number of benzene rings is 2. The molecule has 8 heteroatoms. The van der Waals surface area contributed by atoms with Crippen LogP contribution in [0.25, 0.3) is 21.9 Å². The third-order valence-electron chi connectivity index (χ3n) is 4.50. The maximum absolute atomic E-state index is 12.0. The molecule has 4 aromatic rings. The molecule has 0 atom stereocenters. The summed E-state index contributed by atoms with van der Waals surface area (Å²) in [5.41, 5.74) is 3.42. The van der Waals surface area contributed by atoms with Crippen LogP contribution in [0.5, 0.6) is 5.75 Å². The second kappa shape index (κ2) is 6.56. The number of nitrogens with zero attached hydrogens (tertiary/aromatic N) is 2. The predicted molar refractivity (Wildman–Crippen MR) is 111 cm³/mol. The van der Waals surface area contributed by atoms with Crippen molar-refractivity contribution in [1.29, 1.82) is 0 Å². The van der Waals surface area contributed by atoms with Gasteiger partial charge in [0, 0.05) is 18.7 Å². The molecule has 0 aliphatic carbocycles. The molecule has 0 unspecified atom stereocenters. The van der Waals surface area contributed by atoms with Crippen LogP contribution in [-0.4, -0.2) is 35.3 Å². The van der Waals surface area contributed by atoms with E-state index in [0.717, 1.165) is 27.8 Å². The number of hydrogen-bond donors (Lipinski definition) is 2. The van der Waals surface area contributed by atoms with E-state index < -0.39 is 9.84 Å². The Bertz CT molecular complexity index is 1290. The Morgan fingerprint density at radius 3 is 2.68 bits per heavy atom. The third-order valence-corrected chi connectivity index (χ3v) is 5.61. The maximum atomic E-state index is 12.0. The number of H-pyrrole nitrogens is 1. The van der Waals surface area contributed by atoms with Crippen molar-refractivity contribution < 1.29 is 13.2 Å². The number of fused-ring (bicyclic) bond motifs is 3. The Balaban J connectivity index is 1.79. The summed E-state index contributed by atoms with van der Waals surface area (Å²) in [5.74, 6) is 1.32. The van der Waals surface area contributed by atoms with Gasteiger partial charge in [0.15, 0.2) is 9.84 Å². The topological polar surface area (TPSA) is 89.0 Å². The van der Waals surface area contributed by atoms with E-state index in [2.05, 4.69) is 15.3 Å². The van der Waals surface area contributed by atoms with Gasteiger partial charge < -0.3 is 19.6 Å². The van der Waals surface area contributed by atoms with Crippen LogP contribution in [0, 0.1) is 0 Å². The molecular formula is C20H22N4O3S. The van der Waals surface area contributed by atoms with E-state index in [4.69, 9.17) is 4.74 Å². The molecule has 28 heavy (non-hydrogen) atoms. The molecule has 2 heterocycles. The Hall–Kier alpha value is -3.00. The normalized spacial score (nSPS) is 12.2. The van der Waals surface area contributed by atoms with Gasteiger partial charge in [-0.15, -0.1) is 0 Å². The van der Waals surface area contributed by atoms with Crippen LogP contribution in [0.4, 0.5) is 11.5 Å². The van der Waals surface area contributed by atoms with Crippen molar-refractivity contribution in [3.8, 4) is 5.75 Å². The lowest BCUT2D eigenvalue weighted by Crippen LogP contribution is -2.08. The van der Waals surface area contributed by atoms with Gasteiger partial charge in [0.05, 0.1) is 34.0 Å². The number of imidazole rings is 1. The van der Waals surface area contributed by atoms with Crippen LogP contribution in [0.3, 0.4) is 0 Å². The van der Waals surface area contributed by atoms with Gasteiger partial charge in [-0.1, -0.05) is 6.07 Å². The van der Waals surface area contributed by atoms with Crippen LogP contribution in [-0.2, 0) is 16.9 Å². The lowest BCUT2D eigenvalue weighted by atomic mass is 10.2. The third kappa shape index (κ3) is 3.31. The van der Waals surface area contributed by atoms with Crippen molar-refractivity contribution in [2.75, 3.05) is 11.6 Å². The molecule has 0 aliphatic rings. The standard InChI is InChI=1S/C20H22N4O3S/c1-12(2)27-17-8-6-14(28(4,25)26)10-15(17)22-18-9-13-5-7-16-20(19(13)23-18)21-11-24(16)3/h5-12,22-23H,1-4H3. The summed E-state index contributed by atoms with van der Waals surface area (Å²) < 4.78 is 31.8. The van der Waals surface area contributed by atoms with E-state index in [9.17, 15) is 8.42 Å². The molecule has 0 fully saturated rings. The van der Waals surface area contributed by atoms with Crippen LogP contribution < -0.4 is 10.1 Å². The molecule has 7 nitrogen and oxygen atoms in total. The van der Waals surface area contributed by atoms with Gasteiger partial charge in [0.1, 0.15) is 17.1 Å². The first-order valence-electron chi connectivity index (χ1n) is 8.93. The molecule has 0 radical (unpaired) electrons. The molecule has 0 spiro atoms. The van der Waals surface area contributed by atoms with Gasteiger partial charge in [-0.2, -0.15) is 0 Å². The maximum Gasteiger partial charge on any atom is 0.175 e. The number of aromatic nitrogens is 3. The van der Waals surface area contributed by atoms with E-state index in [1.54, 1.807) is 24.5 Å². The lowest BCUT2D eigenvalue weighted by molar-refractivity contribution is 0.243. The van der Waals surface area contributed by atoms with E-state index in [1.807, 2.05) is 43.7 Å². The Kier molecular flexibility index (Phi) is 4.30. The quantitative estimate of drug-likeness (QED) is 0.531. The summed E-state index contributed by atoms with van der Waals surface area (Å²) in [4.78, 5) is 8.05. The molecule has 4 rings (SSSR count). The molecule has 2 aromatic heterocycles. The van der Waals surface area contributed by atoms with E-state index in [1.165, 1.54) is 6.26 Å². The number of sulfone groups is 1. The first-order valence-corrected chi connectivity index (χ1v) is 10.8. The van der Waals surface area contributed by atoms with Crippen molar-refractivity contribution in [2.45, 2.75) is 24.8 Å². The highest BCUT2D eigenvalue weighted by Gasteiger charge is 2.15. The monoisotopic (exact) mass is 398 g/mol. The molecule has 0 aliphatic heterocycles. The molecule has 0 saturated heterocycles. The minimum atomic E-state index is -3.33. The van der Waals surface area contributed by atoms with Crippen molar-refractivity contribution in [3.63, 3.8) is 0 Å². The number of anilines is 2. The van der Waals surface area contributed by atoms with Crippen molar-refractivity contribution >= 4 is 43.3 Å². The zero-order valence-corrected chi connectivity index (χ0v) is 17.0. The van der Waals surface area contributed by atoms with Crippen LogP contribution in [0.15, 0.2) is 47.6 Å². The minimum Gasteiger partial charge on any atom is -0.489 e. The Morgan fingerprint density at radius 1 is 1.18 bits per heavy atom. The highest BCUT2D eigenvalue weighted by Crippen LogP contribution is 2.33. The van der Waals surface area contributed by atoms with Crippen molar-refractivity contribution in [3.05, 3.63) is 42.7 Å². The van der Waals surface area contributed by atoms with Crippen LogP contribution >= 0.6 is 0 Å². The fraction of sp³-hybridized carbons (Fsp3) is 0.250. The molecule has 0 amide bonds. The molecule has 2 aromatic carbocycles. The van der Waals surface area contributed by atoms with E-state index >= 15 is 0 Å². The molecule has 2 N–H and O–H groups in total. The zero-order chi connectivity index (χ0) is 20.1. The van der Waals surface area contributed by atoms with Gasteiger partial charge in [-0.05, 0) is 44.2 Å². The lowest BCUT2D eigenvalue weighted by Gasteiger charge is -2.16. The summed E-state index contributed by atoms with van der Waals surface area (Å²) in [7, 11) is -1.38. The summed E-state index contributed by atoms with van der Waals surface area (Å²) in [6.07, 6.45) is 2.93. The average molecular weight is 398 g/mol. The molecule has 0 bridgehead atoms. The fourth-order valence-electron chi connectivity index (χ4n) is 3.20. The van der Waals surface area contributed by atoms with Gasteiger partial charge >= 0.3 is 0 Å². The summed E-state index contributed by atoms with van der Waals surface area (Å²) in [6.45, 7) is 3.85. The SMILES string of the molecule is CC(C)Oc1ccc(S(C)(=O)=O)cc1Nc1cc2ccc3c(ncn3C)c2[nH]1. The molecule has 0 saturated carbocycles. The first kappa shape index (κ1) is 18.4.